The van der Waals surface area contributed by atoms with Crippen LogP contribution in [0.1, 0.15) is 5.56 Å². The molecule has 0 saturated carbocycles. The van der Waals surface area contributed by atoms with Crippen molar-refractivity contribution >= 4 is 11.6 Å². The highest BCUT2D eigenvalue weighted by atomic mass is 35.5. The van der Waals surface area contributed by atoms with E-state index in [2.05, 4.69) is 0 Å². The van der Waals surface area contributed by atoms with E-state index in [-0.39, 0.29) is 10.6 Å². The standard InChI is InChI=1S/C12H11ClF7N/c1-21-9(10(11(15,16)17)12(18,19)20)5-6-2-3-7(13)8(14)4-6/h2-4,9-10,21H,5H2,1H3. The van der Waals surface area contributed by atoms with Crippen LogP contribution in [-0.2, 0) is 6.42 Å². The molecule has 0 aliphatic rings. The molecule has 1 aromatic carbocycles. The number of nitrogens with one attached hydrogen (secondary N) is 1. The molecule has 1 aromatic rings. The molecule has 1 unspecified atom stereocenters. The second-order valence-corrected chi connectivity index (χ2v) is 4.82. The van der Waals surface area contributed by atoms with Crippen LogP contribution in [0.5, 0.6) is 0 Å². The molecular weight excluding hydrogens is 327 g/mol. The number of benzene rings is 1. The van der Waals surface area contributed by atoms with Gasteiger partial charge in [-0.05, 0) is 31.2 Å². The maximum absolute atomic E-state index is 13.2. The van der Waals surface area contributed by atoms with Gasteiger partial charge >= 0.3 is 12.4 Å². The topological polar surface area (TPSA) is 12.0 Å². The van der Waals surface area contributed by atoms with Gasteiger partial charge in [-0.1, -0.05) is 17.7 Å². The highest BCUT2D eigenvalue weighted by molar-refractivity contribution is 6.30. The second-order valence-electron chi connectivity index (χ2n) is 4.41. The van der Waals surface area contributed by atoms with Gasteiger partial charge in [0.25, 0.3) is 0 Å². The lowest BCUT2D eigenvalue weighted by Crippen LogP contribution is -2.51. The third-order valence-corrected chi connectivity index (χ3v) is 3.22. The average Bonchev–Trinajstić information content (AvgIpc) is 2.29. The molecule has 120 valence electrons. The predicted octanol–water partition coefficient (Wildman–Crippen LogP) is 4.35. The van der Waals surface area contributed by atoms with E-state index in [1.165, 1.54) is 6.07 Å². The van der Waals surface area contributed by atoms with Gasteiger partial charge in [-0.2, -0.15) is 26.3 Å². The lowest BCUT2D eigenvalue weighted by molar-refractivity contribution is -0.291. The number of alkyl halides is 6. The summed E-state index contributed by atoms with van der Waals surface area (Å²) in [5.41, 5.74) is -0.0188. The first-order valence-electron chi connectivity index (χ1n) is 5.71. The summed E-state index contributed by atoms with van der Waals surface area (Å²) in [7, 11) is 0.988. The summed E-state index contributed by atoms with van der Waals surface area (Å²) in [6.07, 6.45) is -11.6. The lowest BCUT2D eigenvalue weighted by atomic mass is 9.92. The Hall–Kier alpha value is -1.02. The first-order valence-corrected chi connectivity index (χ1v) is 6.09. The zero-order valence-corrected chi connectivity index (χ0v) is 11.4. The van der Waals surface area contributed by atoms with E-state index in [0.717, 1.165) is 19.2 Å². The number of hydrogen-bond acceptors (Lipinski definition) is 1. The third-order valence-electron chi connectivity index (χ3n) is 2.92. The van der Waals surface area contributed by atoms with Gasteiger partial charge in [-0.25, -0.2) is 4.39 Å². The Morgan fingerprint density at radius 3 is 2.00 bits per heavy atom. The minimum Gasteiger partial charge on any atom is -0.316 e. The first kappa shape index (κ1) is 18.0. The van der Waals surface area contributed by atoms with Crippen molar-refractivity contribution in [1.82, 2.24) is 5.32 Å². The van der Waals surface area contributed by atoms with Crippen LogP contribution in [0.2, 0.25) is 5.02 Å². The van der Waals surface area contributed by atoms with Gasteiger partial charge in [0.15, 0.2) is 5.92 Å². The summed E-state index contributed by atoms with van der Waals surface area (Å²) in [5.74, 6) is -4.45. The number of hydrogen-bond donors (Lipinski definition) is 1. The summed E-state index contributed by atoms with van der Waals surface area (Å²) < 4.78 is 89.1. The van der Waals surface area contributed by atoms with Crippen molar-refractivity contribution in [2.24, 2.45) is 5.92 Å². The van der Waals surface area contributed by atoms with E-state index in [0.29, 0.717) is 0 Å². The van der Waals surface area contributed by atoms with E-state index in [9.17, 15) is 30.7 Å². The van der Waals surface area contributed by atoms with Crippen molar-refractivity contribution in [3.05, 3.63) is 34.6 Å². The maximum atomic E-state index is 13.2. The number of rotatable bonds is 4. The molecule has 0 heterocycles. The fraction of sp³-hybridized carbons (Fsp3) is 0.500. The second kappa shape index (κ2) is 6.39. The van der Waals surface area contributed by atoms with E-state index in [1.807, 2.05) is 5.32 Å². The summed E-state index contributed by atoms with van der Waals surface area (Å²) in [5, 5.41) is 1.74. The number of likely N-dealkylation sites (N-methyl/N-ethyl adjacent to an activating group) is 1. The van der Waals surface area contributed by atoms with Gasteiger partial charge in [-0.3, -0.25) is 0 Å². The molecule has 1 atom stereocenters. The van der Waals surface area contributed by atoms with Crippen LogP contribution >= 0.6 is 11.6 Å². The van der Waals surface area contributed by atoms with E-state index >= 15 is 0 Å². The Balaban J connectivity index is 3.07. The predicted molar refractivity (Wildman–Crippen MR) is 63.6 cm³/mol. The average molecular weight is 338 g/mol. The van der Waals surface area contributed by atoms with Gasteiger partial charge in [0.2, 0.25) is 0 Å². The monoisotopic (exact) mass is 337 g/mol. The molecule has 0 bridgehead atoms. The number of halogens is 8. The van der Waals surface area contributed by atoms with Crippen molar-refractivity contribution in [3.63, 3.8) is 0 Å². The van der Waals surface area contributed by atoms with Gasteiger partial charge in [0.05, 0.1) is 5.02 Å². The zero-order valence-electron chi connectivity index (χ0n) is 10.6. The Labute approximate surface area is 121 Å². The smallest absolute Gasteiger partial charge is 0.316 e. The summed E-state index contributed by atoms with van der Waals surface area (Å²) in [6.45, 7) is 0. The van der Waals surface area contributed by atoms with Crippen LogP contribution in [-0.4, -0.2) is 25.4 Å². The molecule has 0 fully saturated rings. The molecule has 9 heteroatoms. The lowest BCUT2D eigenvalue weighted by Gasteiger charge is -2.30. The van der Waals surface area contributed by atoms with E-state index < -0.39 is 36.6 Å². The molecule has 0 aromatic heterocycles. The summed E-state index contributed by atoms with van der Waals surface area (Å²) in [4.78, 5) is 0. The fourth-order valence-electron chi connectivity index (χ4n) is 1.95. The summed E-state index contributed by atoms with van der Waals surface area (Å²) >= 11 is 5.41. The molecule has 0 aliphatic heterocycles. The first-order chi connectivity index (χ1) is 9.46. The van der Waals surface area contributed by atoms with E-state index in [4.69, 9.17) is 11.6 Å². The largest absolute Gasteiger partial charge is 0.402 e. The molecule has 0 aliphatic carbocycles. The highest BCUT2D eigenvalue weighted by Gasteiger charge is 2.59. The van der Waals surface area contributed by atoms with Crippen molar-refractivity contribution in [2.45, 2.75) is 24.8 Å². The van der Waals surface area contributed by atoms with E-state index in [1.54, 1.807) is 0 Å². The molecule has 21 heavy (non-hydrogen) atoms. The molecule has 1 rings (SSSR count). The third kappa shape index (κ3) is 4.74. The minimum absolute atomic E-state index is 0.0188. The van der Waals surface area contributed by atoms with Crippen LogP contribution < -0.4 is 5.32 Å². The van der Waals surface area contributed by atoms with Gasteiger partial charge < -0.3 is 5.32 Å². The maximum Gasteiger partial charge on any atom is 0.402 e. The molecule has 0 spiro atoms. The molecule has 0 amide bonds. The zero-order chi connectivity index (χ0) is 16.4. The Bertz CT molecular complexity index is 469. The van der Waals surface area contributed by atoms with Crippen LogP contribution in [0.3, 0.4) is 0 Å². The normalized spacial score (nSPS) is 14.6. The molecular formula is C12H11ClF7N. The minimum atomic E-state index is -5.46. The highest BCUT2D eigenvalue weighted by Crippen LogP contribution is 2.42. The van der Waals surface area contributed by atoms with Gasteiger partial charge in [-0.15, -0.1) is 0 Å². The SMILES string of the molecule is CNC(Cc1ccc(Cl)c(F)c1)C(C(F)(F)F)C(F)(F)F. The quantitative estimate of drug-likeness (QED) is 0.805. The molecule has 0 saturated heterocycles. The van der Waals surface area contributed by atoms with Gasteiger partial charge in [0, 0.05) is 6.04 Å². The van der Waals surface area contributed by atoms with Crippen LogP contribution in [0.4, 0.5) is 30.7 Å². The Morgan fingerprint density at radius 1 is 1.10 bits per heavy atom. The fourth-order valence-corrected chi connectivity index (χ4v) is 2.07. The Kier molecular flexibility index (Phi) is 5.49. The van der Waals surface area contributed by atoms with Crippen LogP contribution in [0.15, 0.2) is 18.2 Å². The van der Waals surface area contributed by atoms with Crippen molar-refractivity contribution < 1.29 is 30.7 Å². The molecule has 1 N–H and O–H groups in total. The Morgan fingerprint density at radius 2 is 1.62 bits per heavy atom. The van der Waals surface area contributed by atoms with Crippen molar-refractivity contribution in [2.75, 3.05) is 7.05 Å². The molecule has 1 nitrogen and oxygen atoms in total. The molecule has 0 radical (unpaired) electrons. The summed E-state index contributed by atoms with van der Waals surface area (Å²) in [6, 6.07) is 1.11. The van der Waals surface area contributed by atoms with Crippen molar-refractivity contribution in [3.8, 4) is 0 Å². The van der Waals surface area contributed by atoms with Crippen LogP contribution in [0, 0.1) is 11.7 Å². The van der Waals surface area contributed by atoms with Gasteiger partial charge in [0.1, 0.15) is 5.82 Å². The van der Waals surface area contributed by atoms with Crippen LogP contribution in [0.25, 0.3) is 0 Å². The van der Waals surface area contributed by atoms with Crippen molar-refractivity contribution in [1.29, 1.82) is 0 Å².